The maximum atomic E-state index is 12.7. The van der Waals surface area contributed by atoms with Crippen molar-refractivity contribution in [2.45, 2.75) is 27.1 Å². The molecule has 0 saturated carbocycles. The molecule has 0 radical (unpaired) electrons. The summed E-state index contributed by atoms with van der Waals surface area (Å²) in [6.07, 6.45) is 0. The number of carbonyl (C=O) groups is 1. The fourth-order valence-electron chi connectivity index (χ4n) is 3.86. The number of amides is 1. The van der Waals surface area contributed by atoms with Crippen molar-refractivity contribution in [3.05, 3.63) is 94.0 Å². The first kappa shape index (κ1) is 25.5. The van der Waals surface area contributed by atoms with Crippen LogP contribution >= 0.6 is 0 Å². The van der Waals surface area contributed by atoms with Crippen molar-refractivity contribution in [1.29, 1.82) is 0 Å². The molecule has 4 aromatic rings. The number of hydrogen-bond acceptors (Lipinski definition) is 7. The van der Waals surface area contributed by atoms with E-state index in [2.05, 4.69) is 29.0 Å². The molecule has 0 aliphatic carbocycles. The highest BCUT2D eigenvalue weighted by Crippen LogP contribution is 2.39. The zero-order chi connectivity index (χ0) is 26.4. The van der Waals surface area contributed by atoms with Crippen LogP contribution in [0, 0.1) is 10.1 Å². The van der Waals surface area contributed by atoms with Crippen molar-refractivity contribution in [2.75, 3.05) is 13.1 Å². The number of aromatic hydroxyl groups is 1. The summed E-state index contributed by atoms with van der Waals surface area (Å²) in [5.74, 6) is -0.0644. The van der Waals surface area contributed by atoms with Crippen LogP contribution in [0.5, 0.6) is 11.6 Å². The van der Waals surface area contributed by atoms with E-state index in [1.807, 2.05) is 24.3 Å². The summed E-state index contributed by atoms with van der Waals surface area (Å²) in [5.41, 5.74) is 2.17. The smallest absolute Gasteiger partial charge is 0.295 e. The van der Waals surface area contributed by atoms with Gasteiger partial charge in [0.25, 0.3) is 11.6 Å². The lowest BCUT2D eigenvalue weighted by molar-refractivity contribution is -0.384. The molecule has 190 valence electrons. The normalized spacial score (nSPS) is 11.4. The summed E-state index contributed by atoms with van der Waals surface area (Å²) in [7, 11) is 0. The fourth-order valence-corrected chi connectivity index (χ4v) is 3.86. The molecule has 0 saturated heterocycles. The number of nitrogens with zero attached hydrogens (tertiary/aromatic N) is 5. The monoisotopic (exact) mass is 501 g/mol. The van der Waals surface area contributed by atoms with Crippen molar-refractivity contribution in [1.82, 2.24) is 9.47 Å². The molecule has 1 N–H and O–H groups in total. The van der Waals surface area contributed by atoms with Crippen LogP contribution in [0.1, 0.15) is 29.8 Å². The van der Waals surface area contributed by atoms with Gasteiger partial charge in [0.05, 0.1) is 17.1 Å². The van der Waals surface area contributed by atoms with Gasteiger partial charge in [0.1, 0.15) is 12.4 Å². The van der Waals surface area contributed by atoms with E-state index in [1.54, 1.807) is 41.0 Å². The van der Waals surface area contributed by atoms with E-state index in [0.717, 1.165) is 24.2 Å². The first-order valence-electron chi connectivity index (χ1n) is 11.9. The Balaban J connectivity index is 1.46. The lowest BCUT2D eigenvalue weighted by Crippen LogP contribution is -2.25. The molecule has 0 bridgehead atoms. The van der Waals surface area contributed by atoms with E-state index in [-0.39, 0.29) is 23.9 Å². The number of carbonyl (C=O) groups excluding carboxylic acids is 1. The van der Waals surface area contributed by atoms with Crippen LogP contribution in [0.15, 0.2) is 83.0 Å². The van der Waals surface area contributed by atoms with E-state index in [4.69, 9.17) is 4.74 Å². The molecule has 1 heterocycles. The standard InChI is InChI=1S/C27H27N5O5/c1-3-30(4-2)18-31-24-8-6-5-7-23(24)25(27(31)34)28-29-26(33)20-11-15-22(16-12-20)37-17-19-9-13-21(14-10-19)32(35)36/h5-16,34H,3-4,17-18H2,1-2H3. The van der Waals surface area contributed by atoms with Crippen molar-refractivity contribution < 1.29 is 19.6 Å². The Morgan fingerprint density at radius 3 is 2.35 bits per heavy atom. The molecule has 1 amide bonds. The first-order valence-corrected chi connectivity index (χ1v) is 11.9. The number of nitro benzene ring substituents is 1. The van der Waals surface area contributed by atoms with Crippen LogP contribution in [-0.2, 0) is 13.3 Å². The van der Waals surface area contributed by atoms with E-state index in [9.17, 15) is 20.0 Å². The third-order valence-electron chi connectivity index (χ3n) is 6.05. The molecule has 10 heteroatoms. The maximum absolute atomic E-state index is 12.7. The van der Waals surface area contributed by atoms with Gasteiger partial charge in [0, 0.05) is 23.1 Å². The molecule has 0 unspecified atom stereocenters. The Hall–Kier alpha value is -4.57. The molecule has 37 heavy (non-hydrogen) atoms. The highest BCUT2D eigenvalue weighted by atomic mass is 16.6. The molecule has 0 aliphatic heterocycles. The first-order chi connectivity index (χ1) is 17.9. The predicted octanol–water partition coefficient (Wildman–Crippen LogP) is 6.06. The highest BCUT2D eigenvalue weighted by molar-refractivity contribution is 5.97. The maximum Gasteiger partial charge on any atom is 0.295 e. The van der Waals surface area contributed by atoms with Crippen LogP contribution in [-0.4, -0.2) is 38.5 Å². The van der Waals surface area contributed by atoms with Crippen LogP contribution in [0.2, 0.25) is 0 Å². The molecule has 0 aliphatic rings. The zero-order valence-corrected chi connectivity index (χ0v) is 20.6. The van der Waals surface area contributed by atoms with Gasteiger partial charge in [-0.05, 0) is 61.1 Å². The Morgan fingerprint density at radius 2 is 1.70 bits per heavy atom. The molecule has 1 aromatic heterocycles. The van der Waals surface area contributed by atoms with Gasteiger partial charge in [-0.1, -0.05) is 32.0 Å². The minimum absolute atomic E-state index is 0.0163. The minimum Gasteiger partial charge on any atom is -0.493 e. The van der Waals surface area contributed by atoms with Gasteiger partial charge in [-0.2, -0.15) is 0 Å². The molecule has 4 rings (SSSR count). The molecule has 0 fully saturated rings. The Labute approximate surface area is 213 Å². The Morgan fingerprint density at radius 1 is 1.03 bits per heavy atom. The predicted molar refractivity (Wildman–Crippen MR) is 139 cm³/mol. The molecule has 10 nitrogen and oxygen atoms in total. The third kappa shape index (κ3) is 5.81. The van der Waals surface area contributed by atoms with Crippen molar-refractivity contribution in [2.24, 2.45) is 10.2 Å². The van der Waals surface area contributed by atoms with Crippen LogP contribution < -0.4 is 4.74 Å². The molecule has 3 aromatic carbocycles. The van der Waals surface area contributed by atoms with Crippen LogP contribution in [0.3, 0.4) is 0 Å². The summed E-state index contributed by atoms with van der Waals surface area (Å²) < 4.78 is 7.46. The summed E-state index contributed by atoms with van der Waals surface area (Å²) in [6.45, 7) is 6.47. The SMILES string of the molecule is CCN(CC)Cn1c(O)c(N=NC(=O)c2ccc(OCc3ccc([N+](=O)[O-])cc3)cc2)c2ccccc21. The lowest BCUT2D eigenvalue weighted by Gasteiger charge is -2.19. The van der Waals surface area contributed by atoms with E-state index < -0.39 is 10.8 Å². The summed E-state index contributed by atoms with van der Waals surface area (Å²) in [4.78, 5) is 25.1. The van der Waals surface area contributed by atoms with E-state index >= 15 is 0 Å². The second-order valence-corrected chi connectivity index (χ2v) is 8.30. The van der Waals surface area contributed by atoms with Gasteiger partial charge in [0.2, 0.25) is 5.88 Å². The number of non-ortho nitro benzene ring substituents is 1. The number of rotatable bonds is 10. The quantitative estimate of drug-likeness (QED) is 0.160. The van der Waals surface area contributed by atoms with Gasteiger partial charge >= 0.3 is 0 Å². The van der Waals surface area contributed by atoms with Gasteiger partial charge in [-0.3, -0.25) is 24.4 Å². The largest absolute Gasteiger partial charge is 0.493 e. The number of hydrogen-bond donors (Lipinski definition) is 1. The summed E-state index contributed by atoms with van der Waals surface area (Å²) >= 11 is 0. The van der Waals surface area contributed by atoms with Gasteiger partial charge in [-0.15, -0.1) is 10.2 Å². The average molecular weight is 502 g/mol. The number of fused-ring (bicyclic) bond motifs is 1. The second-order valence-electron chi connectivity index (χ2n) is 8.30. The van der Waals surface area contributed by atoms with Gasteiger partial charge < -0.3 is 9.84 Å². The number of aromatic nitrogens is 1. The minimum atomic E-state index is -0.554. The molecular weight excluding hydrogens is 474 g/mol. The zero-order valence-electron chi connectivity index (χ0n) is 20.6. The van der Waals surface area contributed by atoms with Crippen LogP contribution in [0.4, 0.5) is 11.4 Å². The van der Waals surface area contributed by atoms with Crippen molar-refractivity contribution >= 4 is 28.2 Å². The fraction of sp³-hybridized carbons (Fsp3) is 0.222. The highest BCUT2D eigenvalue weighted by Gasteiger charge is 2.18. The lowest BCUT2D eigenvalue weighted by atomic mass is 10.2. The average Bonchev–Trinajstić information content (AvgIpc) is 3.19. The van der Waals surface area contributed by atoms with Crippen molar-refractivity contribution in [3.63, 3.8) is 0 Å². The van der Waals surface area contributed by atoms with Crippen LogP contribution in [0.25, 0.3) is 10.9 Å². The van der Waals surface area contributed by atoms with Gasteiger partial charge in [-0.25, -0.2) is 0 Å². The van der Waals surface area contributed by atoms with Gasteiger partial charge in [0.15, 0.2) is 5.69 Å². The van der Waals surface area contributed by atoms with Crippen molar-refractivity contribution in [3.8, 4) is 11.6 Å². The molecule has 0 atom stereocenters. The Bertz CT molecular complexity index is 1420. The van der Waals surface area contributed by atoms with E-state index in [0.29, 0.717) is 23.4 Å². The Kier molecular flexibility index (Phi) is 7.89. The number of azo groups is 1. The number of para-hydroxylation sites is 1. The third-order valence-corrected chi connectivity index (χ3v) is 6.05. The molecule has 0 spiro atoms. The number of ether oxygens (including phenoxy) is 1. The van der Waals surface area contributed by atoms with E-state index in [1.165, 1.54) is 12.1 Å². The second kappa shape index (κ2) is 11.4. The summed E-state index contributed by atoms with van der Waals surface area (Å²) in [5, 5.41) is 30.3. The number of nitro groups is 1. The number of benzene rings is 3. The molecular formula is C27H27N5O5. The summed E-state index contributed by atoms with van der Waals surface area (Å²) in [6, 6.07) is 20.0. The topological polar surface area (TPSA) is 123 Å².